The number of benzene rings is 1. The van der Waals surface area contributed by atoms with Crippen LogP contribution in [-0.2, 0) is 10.8 Å². The summed E-state index contributed by atoms with van der Waals surface area (Å²) in [7, 11) is -1.20. The van der Waals surface area contributed by atoms with Crippen LogP contribution in [0, 0.1) is 0 Å². The number of rotatable bonds is 6. The Balaban J connectivity index is 1.52. The first-order valence-corrected chi connectivity index (χ1v) is 12.5. The number of aliphatic hydroxyl groups excluding tert-OH is 1. The molecule has 0 spiro atoms. The summed E-state index contributed by atoms with van der Waals surface area (Å²) in [5.74, 6) is 1.75. The number of anilines is 2. The lowest BCUT2D eigenvalue weighted by atomic mass is 9.77. The van der Waals surface area contributed by atoms with Gasteiger partial charge in [-0.15, -0.1) is 0 Å². The SMILES string of the molecule is CS(=O)c1cnc(N2CCCC(c3ccc(Cl)cc3)CC2)nc1NC1(CO)CCC1. The molecule has 1 aromatic carbocycles. The summed E-state index contributed by atoms with van der Waals surface area (Å²) < 4.78 is 12.2. The fourth-order valence-corrected chi connectivity index (χ4v) is 5.05. The molecule has 2 N–H and O–H groups in total. The molecule has 1 saturated heterocycles. The maximum atomic E-state index is 12.2. The molecule has 2 heterocycles. The Morgan fingerprint density at radius 1 is 1.23 bits per heavy atom. The summed E-state index contributed by atoms with van der Waals surface area (Å²) in [4.78, 5) is 12.1. The van der Waals surface area contributed by atoms with Crippen LogP contribution in [0.25, 0.3) is 0 Å². The molecule has 0 radical (unpaired) electrons. The minimum absolute atomic E-state index is 0.0502. The zero-order valence-electron chi connectivity index (χ0n) is 17.3. The van der Waals surface area contributed by atoms with Crippen molar-refractivity contribution in [2.75, 3.05) is 36.2 Å². The van der Waals surface area contributed by atoms with Crippen molar-refractivity contribution < 1.29 is 9.32 Å². The van der Waals surface area contributed by atoms with Gasteiger partial charge in [-0.25, -0.2) is 4.98 Å². The molecule has 1 aliphatic heterocycles. The highest BCUT2D eigenvalue weighted by atomic mass is 35.5. The number of nitrogens with one attached hydrogen (secondary N) is 1. The van der Waals surface area contributed by atoms with E-state index in [0.717, 1.165) is 56.6 Å². The third kappa shape index (κ3) is 4.63. The lowest BCUT2D eigenvalue weighted by Crippen LogP contribution is -2.48. The minimum Gasteiger partial charge on any atom is -0.394 e. The van der Waals surface area contributed by atoms with E-state index in [0.29, 0.717) is 22.6 Å². The molecule has 0 amide bonds. The van der Waals surface area contributed by atoms with Gasteiger partial charge in [-0.05, 0) is 62.1 Å². The molecule has 1 saturated carbocycles. The second kappa shape index (κ2) is 9.20. The number of halogens is 1. The number of aromatic nitrogens is 2. The van der Waals surface area contributed by atoms with Crippen molar-refractivity contribution in [2.24, 2.45) is 0 Å². The normalized spacial score (nSPS) is 22.1. The van der Waals surface area contributed by atoms with Crippen molar-refractivity contribution in [1.29, 1.82) is 0 Å². The molecule has 0 bridgehead atoms. The number of nitrogens with zero attached hydrogens (tertiary/aromatic N) is 3. The monoisotopic (exact) mass is 448 g/mol. The van der Waals surface area contributed by atoms with Crippen molar-refractivity contribution in [3.05, 3.63) is 41.0 Å². The molecule has 30 heavy (non-hydrogen) atoms. The van der Waals surface area contributed by atoms with Crippen LogP contribution in [0.3, 0.4) is 0 Å². The molecule has 162 valence electrons. The molecule has 2 atom stereocenters. The van der Waals surface area contributed by atoms with Crippen LogP contribution in [0.5, 0.6) is 0 Å². The van der Waals surface area contributed by atoms with E-state index in [2.05, 4.69) is 27.3 Å². The van der Waals surface area contributed by atoms with Crippen molar-refractivity contribution >= 4 is 34.2 Å². The highest BCUT2D eigenvalue weighted by Crippen LogP contribution is 2.36. The van der Waals surface area contributed by atoms with Crippen LogP contribution in [0.1, 0.15) is 50.0 Å². The quantitative estimate of drug-likeness (QED) is 0.696. The fraction of sp³-hybridized carbons (Fsp3) is 0.545. The maximum Gasteiger partial charge on any atom is 0.227 e. The highest BCUT2D eigenvalue weighted by Gasteiger charge is 2.37. The molecule has 2 unspecified atom stereocenters. The van der Waals surface area contributed by atoms with Crippen LogP contribution in [0.2, 0.25) is 5.02 Å². The standard InChI is InChI=1S/C22H29ClN4O2S/c1-30(29)19-14-24-21(25-20(19)26-22(15-28)10-3-11-22)27-12-2-4-16(9-13-27)17-5-7-18(23)8-6-17/h5-8,14,16,28H,2-4,9-13,15H2,1H3,(H,24,25,26). The second-order valence-electron chi connectivity index (χ2n) is 8.42. The van der Waals surface area contributed by atoms with Gasteiger partial charge in [-0.2, -0.15) is 4.98 Å². The molecule has 2 fully saturated rings. The second-order valence-corrected chi connectivity index (χ2v) is 10.2. The van der Waals surface area contributed by atoms with Gasteiger partial charge >= 0.3 is 0 Å². The lowest BCUT2D eigenvalue weighted by Gasteiger charge is -2.41. The van der Waals surface area contributed by atoms with Gasteiger partial charge in [0.2, 0.25) is 5.95 Å². The van der Waals surface area contributed by atoms with E-state index < -0.39 is 10.8 Å². The van der Waals surface area contributed by atoms with Gasteiger partial charge < -0.3 is 15.3 Å². The smallest absolute Gasteiger partial charge is 0.227 e. The summed E-state index contributed by atoms with van der Waals surface area (Å²) in [6.45, 7) is 1.81. The summed E-state index contributed by atoms with van der Waals surface area (Å²) in [6, 6.07) is 8.17. The average molecular weight is 449 g/mol. The average Bonchev–Trinajstić information content (AvgIpc) is 2.97. The molecule has 2 aliphatic rings. The van der Waals surface area contributed by atoms with E-state index in [1.807, 2.05) is 12.1 Å². The van der Waals surface area contributed by atoms with E-state index >= 15 is 0 Å². The van der Waals surface area contributed by atoms with Crippen LogP contribution in [-0.4, -0.2) is 50.8 Å². The molecule has 4 rings (SSSR count). The number of hydrogen-bond donors (Lipinski definition) is 2. The Morgan fingerprint density at radius 3 is 2.63 bits per heavy atom. The van der Waals surface area contributed by atoms with Crippen molar-refractivity contribution in [1.82, 2.24) is 9.97 Å². The topological polar surface area (TPSA) is 78.4 Å². The predicted octanol–water partition coefficient (Wildman–Crippen LogP) is 3.97. The van der Waals surface area contributed by atoms with Crippen LogP contribution in [0.15, 0.2) is 35.4 Å². The van der Waals surface area contributed by atoms with E-state index in [4.69, 9.17) is 16.6 Å². The Bertz CT molecular complexity index is 899. The number of hydrogen-bond acceptors (Lipinski definition) is 6. The number of aliphatic hydroxyl groups is 1. The van der Waals surface area contributed by atoms with Gasteiger partial charge in [-0.3, -0.25) is 4.21 Å². The third-order valence-electron chi connectivity index (χ3n) is 6.40. The third-order valence-corrected chi connectivity index (χ3v) is 7.57. The van der Waals surface area contributed by atoms with Gasteiger partial charge in [0.25, 0.3) is 0 Å². The molecule has 2 aromatic rings. The molecule has 8 heteroatoms. The molecular weight excluding hydrogens is 420 g/mol. The predicted molar refractivity (Wildman–Crippen MR) is 122 cm³/mol. The van der Waals surface area contributed by atoms with E-state index in [1.165, 1.54) is 5.56 Å². The van der Waals surface area contributed by atoms with Gasteiger partial charge in [-0.1, -0.05) is 23.7 Å². The van der Waals surface area contributed by atoms with Crippen molar-refractivity contribution in [3.63, 3.8) is 0 Å². The van der Waals surface area contributed by atoms with E-state index in [9.17, 15) is 9.32 Å². The van der Waals surface area contributed by atoms with Gasteiger partial charge in [0.05, 0.1) is 34.0 Å². The van der Waals surface area contributed by atoms with Crippen molar-refractivity contribution in [3.8, 4) is 0 Å². The Kier molecular flexibility index (Phi) is 6.60. The Hall–Kier alpha value is -1.70. The molecular formula is C22H29ClN4O2S. The lowest BCUT2D eigenvalue weighted by molar-refractivity contribution is 0.143. The van der Waals surface area contributed by atoms with Crippen LogP contribution < -0.4 is 10.2 Å². The summed E-state index contributed by atoms with van der Waals surface area (Å²) >= 11 is 6.04. The Morgan fingerprint density at radius 2 is 2.00 bits per heavy atom. The van der Waals surface area contributed by atoms with Crippen molar-refractivity contribution in [2.45, 2.75) is 54.9 Å². The summed E-state index contributed by atoms with van der Waals surface area (Å²) in [5, 5.41) is 14.0. The van der Waals surface area contributed by atoms with Crippen LogP contribution >= 0.6 is 11.6 Å². The largest absolute Gasteiger partial charge is 0.394 e. The first-order valence-electron chi connectivity index (χ1n) is 10.6. The fourth-order valence-electron chi connectivity index (χ4n) is 4.36. The first-order chi connectivity index (χ1) is 14.5. The van der Waals surface area contributed by atoms with Gasteiger partial charge in [0.15, 0.2) is 0 Å². The Labute approximate surface area is 185 Å². The highest BCUT2D eigenvalue weighted by molar-refractivity contribution is 7.84. The molecule has 1 aliphatic carbocycles. The molecule has 1 aromatic heterocycles. The van der Waals surface area contributed by atoms with E-state index in [1.54, 1.807) is 12.5 Å². The maximum absolute atomic E-state index is 12.2. The summed E-state index contributed by atoms with van der Waals surface area (Å²) in [6.07, 6.45) is 9.38. The zero-order chi connectivity index (χ0) is 21.1. The van der Waals surface area contributed by atoms with Gasteiger partial charge in [0.1, 0.15) is 5.82 Å². The van der Waals surface area contributed by atoms with E-state index in [-0.39, 0.29) is 12.1 Å². The molecule has 6 nitrogen and oxygen atoms in total. The van der Waals surface area contributed by atoms with Crippen LogP contribution in [0.4, 0.5) is 11.8 Å². The minimum atomic E-state index is -1.20. The van der Waals surface area contributed by atoms with Gasteiger partial charge in [0, 0.05) is 24.4 Å². The first kappa shape index (κ1) is 21.5. The zero-order valence-corrected chi connectivity index (χ0v) is 18.9. The summed E-state index contributed by atoms with van der Waals surface area (Å²) in [5.41, 5.74) is 0.981.